The van der Waals surface area contributed by atoms with Gasteiger partial charge in [0.15, 0.2) is 5.82 Å². The van der Waals surface area contributed by atoms with Crippen LogP contribution in [0.1, 0.15) is 23.3 Å². The highest BCUT2D eigenvalue weighted by molar-refractivity contribution is 5.11. The first-order chi connectivity index (χ1) is 10.1. The molecule has 112 valence electrons. The quantitative estimate of drug-likeness (QED) is 0.884. The molecule has 1 saturated heterocycles. The molecule has 1 aliphatic heterocycles. The van der Waals surface area contributed by atoms with Crippen LogP contribution in [0, 0.1) is 6.92 Å². The van der Waals surface area contributed by atoms with Crippen LogP contribution in [0.4, 0.5) is 0 Å². The largest absolute Gasteiger partial charge is 0.367 e. The average Bonchev–Trinajstić information content (AvgIpc) is 2.90. The molecule has 1 N–H and O–H groups in total. The SMILES string of the molecule is Cc1nc([C@@H]2CN(Cc3ccn(C)c(=O)c3)CCO2)n[nH]1. The minimum Gasteiger partial charge on any atom is -0.367 e. The smallest absolute Gasteiger partial charge is 0.250 e. The second kappa shape index (κ2) is 5.79. The Balaban J connectivity index is 1.68. The van der Waals surface area contributed by atoms with E-state index in [1.807, 2.05) is 13.0 Å². The molecular weight excluding hydrogens is 270 g/mol. The van der Waals surface area contributed by atoms with Crippen molar-refractivity contribution in [3.63, 3.8) is 0 Å². The van der Waals surface area contributed by atoms with Gasteiger partial charge in [-0.3, -0.25) is 14.8 Å². The summed E-state index contributed by atoms with van der Waals surface area (Å²) < 4.78 is 7.31. The maximum absolute atomic E-state index is 11.7. The number of hydrogen-bond donors (Lipinski definition) is 1. The van der Waals surface area contributed by atoms with Crippen molar-refractivity contribution in [3.05, 3.63) is 45.9 Å². The minimum atomic E-state index is -0.116. The van der Waals surface area contributed by atoms with E-state index in [4.69, 9.17) is 4.74 Å². The number of nitrogens with zero attached hydrogens (tertiary/aromatic N) is 4. The Hall–Kier alpha value is -1.99. The van der Waals surface area contributed by atoms with Gasteiger partial charge in [-0.2, -0.15) is 5.10 Å². The topological polar surface area (TPSA) is 76.0 Å². The highest BCUT2D eigenvalue weighted by Crippen LogP contribution is 2.20. The number of pyridine rings is 1. The molecule has 7 heteroatoms. The molecule has 0 bridgehead atoms. The Bertz CT molecular complexity index is 678. The fourth-order valence-corrected chi connectivity index (χ4v) is 2.45. The van der Waals surface area contributed by atoms with Gasteiger partial charge in [-0.1, -0.05) is 0 Å². The molecule has 0 spiro atoms. The van der Waals surface area contributed by atoms with Gasteiger partial charge in [-0.25, -0.2) is 4.98 Å². The summed E-state index contributed by atoms with van der Waals surface area (Å²) in [5, 5.41) is 7.01. The fraction of sp³-hybridized carbons (Fsp3) is 0.500. The summed E-state index contributed by atoms with van der Waals surface area (Å²) >= 11 is 0. The van der Waals surface area contributed by atoms with Crippen LogP contribution in [0.2, 0.25) is 0 Å². The Morgan fingerprint density at radius 1 is 1.52 bits per heavy atom. The first-order valence-electron chi connectivity index (χ1n) is 7.00. The molecule has 7 nitrogen and oxygen atoms in total. The number of morpholine rings is 1. The lowest BCUT2D eigenvalue weighted by Gasteiger charge is -2.31. The zero-order valence-electron chi connectivity index (χ0n) is 12.2. The van der Waals surface area contributed by atoms with Crippen LogP contribution < -0.4 is 5.56 Å². The number of ether oxygens (including phenoxy) is 1. The highest BCUT2D eigenvalue weighted by Gasteiger charge is 2.25. The molecule has 3 rings (SSSR count). The molecule has 0 saturated carbocycles. The zero-order valence-corrected chi connectivity index (χ0v) is 12.2. The lowest BCUT2D eigenvalue weighted by molar-refractivity contribution is -0.0370. The number of H-pyrrole nitrogens is 1. The first-order valence-corrected chi connectivity index (χ1v) is 7.00. The monoisotopic (exact) mass is 289 g/mol. The standard InChI is InChI=1S/C14H19N5O2/c1-10-15-14(17-16-10)12-9-19(5-6-21-12)8-11-3-4-18(2)13(20)7-11/h3-4,7,12H,5-6,8-9H2,1-2H3,(H,15,16,17)/t12-/m0/s1. The van der Waals surface area contributed by atoms with Crippen molar-refractivity contribution in [2.24, 2.45) is 7.05 Å². The second-order valence-electron chi connectivity index (χ2n) is 5.36. The average molecular weight is 289 g/mol. The van der Waals surface area contributed by atoms with E-state index in [-0.39, 0.29) is 11.7 Å². The number of hydrogen-bond acceptors (Lipinski definition) is 5. The third-order valence-electron chi connectivity index (χ3n) is 3.63. The van der Waals surface area contributed by atoms with Gasteiger partial charge in [0.25, 0.3) is 5.56 Å². The summed E-state index contributed by atoms with van der Waals surface area (Å²) in [7, 11) is 1.75. The lowest BCUT2D eigenvalue weighted by atomic mass is 10.2. The van der Waals surface area contributed by atoms with E-state index >= 15 is 0 Å². The summed E-state index contributed by atoms with van der Waals surface area (Å²) in [6.45, 7) is 4.82. The van der Waals surface area contributed by atoms with Gasteiger partial charge in [0.2, 0.25) is 0 Å². The molecular formula is C14H19N5O2. The summed E-state index contributed by atoms with van der Waals surface area (Å²) in [6.07, 6.45) is 1.68. The number of rotatable bonds is 3. The molecule has 0 amide bonds. The third-order valence-corrected chi connectivity index (χ3v) is 3.63. The minimum absolute atomic E-state index is 0.0157. The van der Waals surface area contributed by atoms with Crippen LogP contribution in [0.15, 0.2) is 23.1 Å². The molecule has 0 unspecified atom stereocenters. The van der Waals surface area contributed by atoms with Gasteiger partial charge < -0.3 is 9.30 Å². The molecule has 1 fully saturated rings. The van der Waals surface area contributed by atoms with Crippen LogP contribution in [0.5, 0.6) is 0 Å². The van der Waals surface area contributed by atoms with E-state index in [1.165, 1.54) is 0 Å². The Morgan fingerprint density at radius 2 is 2.38 bits per heavy atom. The van der Waals surface area contributed by atoms with Gasteiger partial charge in [-0.15, -0.1) is 0 Å². The van der Waals surface area contributed by atoms with E-state index in [1.54, 1.807) is 23.9 Å². The van der Waals surface area contributed by atoms with Crippen molar-refractivity contribution >= 4 is 0 Å². The Kier molecular flexibility index (Phi) is 3.85. The van der Waals surface area contributed by atoms with E-state index in [0.717, 1.165) is 31.0 Å². The molecule has 0 aliphatic carbocycles. The van der Waals surface area contributed by atoms with Crippen molar-refractivity contribution in [2.75, 3.05) is 19.7 Å². The number of aromatic nitrogens is 4. The van der Waals surface area contributed by atoms with Crippen LogP contribution in [-0.2, 0) is 18.3 Å². The molecule has 1 aliphatic rings. The van der Waals surface area contributed by atoms with E-state index < -0.39 is 0 Å². The number of nitrogens with one attached hydrogen (secondary N) is 1. The summed E-state index contributed by atoms with van der Waals surface area (Å²) in [6, 6.07) is 3.66. The first kappa shape index (κ1) is 14.0. The molecule has 21 heavy (non-hydrogen) atoms. The van der Waals surface area contributed by atoms with Crippen molar-refractivity contribution in [1.29, 1.82) is 0 Å². The van der Waals surface area contributed by atoms with Crippen molar-refractivity contribution in [3.8, 4) is 0 Å². The van der Waals surface area contributed by atoms with Crippen molar-refractivity contribution in [2.45, 2.75) is 19.6 Å². The van der Waals surface area contributed by atoms with Gasteiger partial charge >= 0.3 is 0 Å². The lowest BCUT2D eigenvalue weighted by Crippen LogP contribution is -2.38. The summed E-state index contributed by atoms with van der Waals surface area (Å²) in [4.78, 5) is 18.3. The van der Waals surface area contributed by atoms with E-state index in [0.29, 0.717) is 12.4 Å². The number of aromatic amines is 1. The van der Waals surface area contributed by atoms with Gasteiger partial charge in [-0.05, 0) is 18.6 Å². The highest BCUT2D eigenvalue weighted by atomic mass is 16.5. The van der Waals surface area contributed by atoms with Crippen LogP contribution >= 0.6 is 0 Å². The maximum Gasteiger partial charge on any atom is 0.250 e. The zero-order chi connectivity index (χ0) is 14.8. The predicted molar refractivity (Wildman–Crippen MR) is 76.8 cm³/mol. The van der Waals surface area contributed by atoms with Crippen LogP contribution in [-0.4, -0.2) is 44.3 Å². The Morgan fingerprint density at radius 3 is 3.10 bits per heavy atom. The molecule has 3 heterocycles. The molecule has 1 atom stereocenters. The molecule has 0 radical (unpaired) electrons. The summed E-state index contributed by atoms with van der Waals surface area (Å²) in [5.74, 6) is 1.48. The second-order valence-corrected chi connectivity index (χ2v) is 5.36. The summed E-state index contributed by atoms with van der Waals surface area (Å²) in [5.41, 5.74) is 1.03. The molecule has 2 aromatic heterocycles. The van der Waals surface area contributed by atoms with Gasteiger partial charge in [0, 0.05) is 38.9 Å². The van der Waals surface area contributed by atoms with Crippen LogP contribution in [0.25, 0.3) is 0 Å². The van der Waals surface area contributed by atoms with Crippen LogP contribution in [0.3, 0.4) is 0 Å². The van der Waals surface area contributed by atoms with Crippen molar-refractivity contribution < 1.29 is 4.74 Å². The Labute approximate surface area is 122 Å². The normalized spacial score (nSPS) is 19.8. The van der Waals surface area contributed by atoms with Crippen molar-refractivity contribution in [1.82, 2.24) is 24.6 Å². The third kappa shape index (κ3) is 3.20. The maximum atomic E-state index is 11.7. The van der Waals surface area contributed by atoms with E-state index in [2.05, 4.69) is 20.1 Å². The van der Waals surface area contributed by atoms with E-state index in [9.17, 15) is 4.79 Å². The van der Waals surface area contributed by atoms with Gasteiger partial charge in [0.1, 0.15) is 11.9 Å². The fourth-order valence-electron chi connectivity index (χ4n) is 2.45. The van der Waals surface area contributed by atoms with Gasteiger partial charge in [0.05, 0.1) is 6.61 Å². The molecule has 0 aromatic carbocycles. The molecule has 2 aromatic rings. The predicted octanol–water partition coefficient (Wildman–Crippen LogP) is 0.385. The number of aryl methyl sites for hydroxylation is 2.